The number of methoxy groups -OCH3 is 1. The van der Waals surface area contributed by atoms with Gasteiger partial charge in [-0.2, -0.15) is 0 Å². The van der Waals surface area contributed by atoms with Gasteiger partial charge in [-0.15, -0.1) is 5.10 Å². The molecule has 2 heterocycles. The standard InChI is InChI=1S/C28H31N5O4/c1-19-12-17-25(37-19)27(28(35)29-20-8-4-3-5-9-20)33(21-13-15-22(36-2)16-14-21)26(34)18-32-24-11-7-6-10-23(24)30-31-32/h6-7,10-17,20,27H,3-5,8-9,18H2,1-2H3,(H,29,35). The molecule has 0 radical (unpaired) electrons. The lowest BCUT2D eigenvalue weighted by molar-refractivity contribution is -0.128. The first-order chi connectivity index (χ1) is 18.0. The van der Waals surface area contributed by atoms with E-state index in [9.17, 15) is 9.59 Å². The van der Waals surface area contributed by atoms with Gasteiger partial charge in [0.05, 0.1) is 12.6 Å². The highest BCUT2D eigenvalue weighted by Gasteiger charge is 2.36. The molecule has 1 aliphatic rings. The molecule has 1 atom stereocenters. The lowest BCUT2D eigenvalue weighted by atomic mass is 9.95. The Hall–Kier alpha value is -4.14. The number of carbonyl (C=O) groups excluding carboxylic acids is 2. The number of nitrogens with zero attached hydrogens (tertiary/aromatic N) is 4. The molecule has 2 aromatic heterocycles. The van der Waals surface area contributed by atoms with Gasteiger partial charge in [0, 0.05) is 11.7 Å². The zero-order valence-corrected chi connectivity index (χ0v) is 21.1. The van der Waals surface area contributed by atoms with Gasteiger partial charge in [-0.3, -0.25) is 14.5 Å². The van der Waals surface area contributed by atoms with Crippen LogP contribution in [0.2, 0.25) is 0 Å². The minimum absolute atomic E-state index is 0.0758. The molecule has 9 heteroatoms. The van der Waals surface area contributed by atoms with Crippen molar-refractivity contribution in [1.82, 2.24) is 20.3 Å². The maximum absolute atomic E-state index is 14.0. The zero-order chi connectivity index (χ0) is 25.8. The normalized spacial score (nSPS) is 14.9. The smallest absolute Gasteiger partial charge is 0.251 e. The van der Waals surface area contributed by atoms with Gasteiger partial charge < -0.3 is 14.5 Å². The number of rotatable bonds is 8. The van der Waals surface area contributed by atoms with Crippen molar-refractivity contribution in [2.45, 2.75) is 57.7 Å². The Morgan fingerprint density at radius 1 is 1.08 bits per heavy atom. The van der Waals surface area contributed by atoms with Crippen molar-refractivity contribution in [1.29, 1.82) is 0 Å². The summed E-state index contributed by atoms with van der Waals surface area (Å²) in [5.74, 6) is 1.12. The SMILES string of the molecule is COc1ccc(N(C(=O)Cn2nnc3ccccc32)C(C(=O)NC2CCCCC2)c2ccc(C)o2)cc1. The number of aryl methyl sites for hydroxylation is 1. The Labute approximate surface area is 215 Å². The minimum atomic E-state index is -0.994. The summed E-state index contributed by atoms with van der Waals surface area (Å²) in [6, 6.07) is 17.2. The molecule has 2 aromatic carbocycles. The van der Waals surface area contributed by atoms with Gasteiger partial charge in [0.15, 0.2) is 6.04 Å². The summed E-state index contributed by atoms with van der Waals surface area (Å²) in [7, 11) is 1.58. The second-order valence-corrected chi connectivity index (χ2v) is 9.39. The second kappa shape index (κ2) is 10.9. The number of para-hydroxylation sites is 1. The number of benzene rings is 2. The molecule has 9 nitrogen and oxygen atoms in total. The third-order valence-corrected chi connectivity index (χ3v) is 6.81. The Bertz CT molecular complexity index is 1370. The van der Waals surface area contributed by atoms with Crippen LogP contribution in [0.15, 0.2) is 65.1 Å². The van der Waals surface area contributed by atoms with E-state index < -0.39 is 6.04 Å². The molecule has 5 rings (SSSR count). The second-order valence-electron chi connectivity index (χ2n) is 9.39. The maximum atomic E-state index is 14.0. The molecule has 1 aliphatic carbocycles. The van der Waals surface area contributed by atoms with Gasteiger partial charge in [0.1, 0.15) is 29.3 Å². The topological polar surface area (TPSA) is 102 Å². The molecule has 1 fully saturated rings. The van der Waals surface area contributed by atoms with Crippen molar-refractivity contribution in [2.75, 3.05) is 12.0 Å². The van der Waals surface area contributed by atoms with Gasteiger partial charge in [-0.1, -0.05) is 36.6 Å². The number of nitrogens with one attached hydrogen (secondary N) is 1. The zero-order valence-electron chi connectivity index (χ0n) is 21.1. The average molecular weight is 502 g/mol. The molecular weight excluding hydrogens is 470 g/mol. The molecule has 0 aliphatic heterocycles. The van der Waals surface area contributed by atoms with Crippen LogP contribution in [0.4, 0.5) is 5.69 Å². The maximum Gasteiger partial charge on any atom is 0.251 e. The van der Waals surface area contributed by atoms with Crippen LogP contribution >= 0.6 is 0 Å². The van der Waals surface area contributed by atoms with E-state index >= 15 is 0 Å². The van der Waals surface area contributed by atoms with Crippen LogP contribution in [0.1, 0.15) is 49.7 Å². The molecule has 4 aromatic rings. The van der Waals surface area contributed by atoms with E-state index in [0.717, 1.165) is 31.2 Å². The van der Waals surface area contributed by atoms with Crippen LogP contribution in [0.25, 0.3) is 11.0 Å². The lowest BCUT2D eigenvalue weighted by Gasteiger charge is -2.32. The molecule has 2 amide bonds. The van der Waals surface area contributed by atoms with Crippen LogP contribution in [0.5, 0.6) is 5.75 Å². The summed E-state index contributed by atoms with van der Waals surface area (Å²) in [4.78, 5) is 29.4. The summed E-state index contributed by atoms with van der Waals surface area (Å²) < 4.78 is 12.8. The van der Waals surface area contributed by atoms with E-state index in [2.05, 4.69) is 15.6 Å². The molecule has 0 saturated heterocycles. The molecule has 192 valence electrons. The van der Waals surface area contributed by atoms with Gasteiger partial charge in [0.25, 0.3) is 5.91 Å². The summed E-state index contributed by atoms with van der Waals surface area (Å²) in [5.41, 5.74) is 1.98. The summed E-state index contributed by atoms with van der Waals surface area (Å²) in [5, 5.41) is 11.6. The third-order valence-electron chi connectivity index (χ3n) is 6.81. The fourth-order valence-electron chi connectivity index (χ4n) is 4.92. The quantitative estimate of drug-likeness (QED) is 0.380. The first-order valence-corrected chi connectivity index (χ1v) is 12.6. The predicted octanol–water partition coefficient (Wildman–Crippen LogP) is 4.56. The molecule has 1 unspecified atom stereocenters. The number of fused-ring (bicyclic) bond motifs is 1. The van der Waals surface area contributed by atoms with Crippen molar-refractivity contribution < 1.29 is 18.7 Å². The van der Waals surface area contributed by atoms with E-state index in [-0.39, 0.29) is 24.4 Å². The van der Waals surface area contributed by atoms with Crippen molar-refractivity contribution in [2.24, 2.45) is 0 Å². The highest BCUT2D eigenvalue weighted by Crippen LogP contribution is 2.32. The third kappa shape index (κ3) is 5.35. The number of ether oxygens (including phenoxy) is 1. The van der Waals surface area contributed by atoms with E-state index in [0.29, 0.717) is 28.5 Å². The van der Waals surface area contributed by atoms with E-state index in [1.807, 2.05) is 31.2 Å². The van der Waals surface area contributed by atoms with Crippen LogP contribution in [-0.4, -0.2) is 40.0 Å². The molecule has 37 heavy (non-hydrogen) atoms. The minimum Gasteiger partial charge on any atom is -0.497 e. The number of hydrogen-bond donors (Lipinski definition) is 1. The fraction of sp³-hybridized carbons (Fsp3) is 0.357. The van der Waals surface area contributed by atoms with E-state index in [4.69, 9.17) is 9.15 Å². The van der Waals surface area contributed by atoms with Crippen molar-refractivity contribution in [3.05, 3.63) is 72.2 Å². The Balaban J connectivity index is 1.54. The van der Waals surface area contributed by atoms with Gasteiger partial charge in [-0.05, 0) is 68.3 Å². The van der Waals surface area contributed by atoms with Crippen molar-refractivity contribution >= 4 is 28.5 Å². The Kier molecular flexibility index (Phi) is 7.20. The summed E-state index contributed by atoms with van der Waals surface area (Å²) in [6.07, 6.45) is 5.19. The number of amides is 2. The van der Waals surface area contributed by atoms with Gasteiger partial charge in [0.2, 0.25) is 5.91 Å². The highest BCUT2D eigenvalue weighted by atomic mass is 16.5. The van der Waals surface area contributed by atoms with Crippen LogP contribution in [-0.2, 0) is 16.1 Å². The summed E-state index contributed by atoms with van der Waals surface area (Å²) in [6.45, 7) is 1.72. The van der Waals surface area contributed by atoms with E-state index in [1.165, 1.54) is 11.3 Å². The van der Waals surface area contributed by atoms with E-state index in [1.54, 1.807) is 48.2 Å². The predicted molar refractivity (Wildman–Crippen MR) is 139 cm³/mol. The van der Waals surface area contributed by atoms with Gasteiger partial charge in [-0.25, -0.2) is 4.68 Å². The first kappa shape index (κ1) is 24.5. The fourth-order valence-corrected chi connectivity index (χ4v) is 4.92. The monoisotopic (exact) mass is 501 g/mol. The Morgan fingerprint density at radius 2 is 1.84 bits per heavy atom. The number of furan rings is 1. The van der Waals surface area contributed by atoms with Crippen LogP contribution in [0.3, 0.4) is 0 Å². The Morgan fingerprint density at radius 3 is 2.54 bits per heavy atom. The highest BCUT2D eigenvalue weighted by molar-refractivity contribution is 6.01. The number of carbonyl (C=O) groups is 2. The van der Waals surface area contributed by atoms with Crippen molar-refractivity contribution in [3.8, 4) is 5.75 Å². The average Bonchev–Trinajstić information content (AvgIpc) is 3.53. The number of aromatic nitrogens is 3. The first-order valence-electron chi connectivity index (χ1n) is 12.6. The number of anilines is 1. The van der Waals surface area contributed by atoms with Crippen LogP contribution < -0.4 is 15.0 Å². The molecule has 1 N–H and O–H groups in total. The molecule has 1 saturated carbocycles. The molecule has 0 spiro atoms. The van der Waals surface area contributed by atoms with Crippen LogP contribution in [0, 0.1) is 6.92 Å². The number of hydrogen-bond acceptors (Lipinski definition) is 6. The largest absolute Gasteiger partial charge is 0.497 e. The molecular formula is C28H31N5O4. The van der Waals surface area contributed by atoms with Crippen molar-refractivity contribution in [3.63, 3.8) is 0 Å². The van der Waals surface area contributed by atoms with Gasteiger partial charge >= 0.3 is 0 Å². The molecule has 0 bridgehead atoms. The lowest BCUT2D eigenvalue weighted by Crippen LogP contribution is -2.48. The summed E-state index contributed by atoms with van der Waals surface area (Å²) >= 11 is 0.